The summed E-state index contributed by atoms with van der Waals surface area (Å²) in [6.07, 6.45) is 3.56. The summed E-state index contributed by atoms with van der Waals surface area (Å²) in [4.78, 5) is 31.9. The Hall–Kier alpha value is -3.82. The first kappa shape index (κ1) is 23.9. The van der Waals surface area contributed by atoms with E-state index in [1.54, 1.807) is 48.5 Å². The highest BCUT2D eigenvalue weighted by atomic mass is 19.1. The first-order valence-corrected chi connectivity index (χ1v) is 12.0. The van der Waals surface area contributed by atoms with Crippen LogP contribution in [0.4, 0.5) is 15.8 Å². The number of carbonyl (C=O) groups excluding carboxylic acids is 2. The van der Waals surface area contributed by atoms with Gasteiger partial charge < -0.3 is 20.1 Å². The van der Waals surface area contributed by atoms with Gasteiger partial charge in [-0.1, -0.05) is 12.1 Å². The molecule has 1 saturated carbocycles. The molecule has 2 fully saturated rings. The highest BCUT2D eigenvalue weighted by molar-refractivity contribution is 6.06. The van der Waals surface area contributed by atoms with Crippen molar-refractivity contribution in [3.8, 4) is 17.0 Å². The van der Waals surface area contributed by atoms with Gasteiger partial charge in [-0.15, -0.1) is 0 Å². The van der Waals surface area contributed by atoms with Crippen molar-refractivity contribution in [2.24, 2.45) is 0 Å². The second-order valence-electron chi connectivity index (χ2n) is 8.83. The molecule has 0 radical (unpaired) electrons. The summed E-state index contributed by atoms with van der Waals surface area (Å²) in [5.41, 5.74) is 2.15. The van der Waals surface area contributed by atoms with E-state index < -0.39 is 0 Å². The number of halogens is 1. The number of hydrogen-bond donors (Lipinski definition) is 2. The SMILES string of the molecule is O=C(CN1CCOCC1)Nc1cc(C(=O)Nc2ccc(-c3ccccc3F)nc2)ccc1OC1CC1. The second kappa shape index (κ2) is 10.8. The smallest absolute Gasteiger partial charge is 0.255 e. The Kier molecular flexibility index (Phi) is 7.20. The van der Waals surface area contributed by atoms with E-state index in [1.807, 2.05) is 4.90 Å². The number of morpholine rings is 1. The van der Waals surface area contributed by atoms with Gasteiger partial charge in [-0.25, -0.2) is 4.39 Å². The number of pyridine rings is 1. The Morgan fingerprint density at radius 3 is 2.58 bits per heavy atom. The van der Waals surface area contributed by atoms with Gasteiger partial charge in [0.2, 0.25) is 5.91 Å². The van der Waals surface area contributed by atoms with Crippen molar-refractivity contribution in [3.63, 3.8) is 0 Å². The number of nitrogens with one attached hydrogen (secondary N) is 2. The summed E-state index contributed by atoms with van der Waals surface area (Å²) in [6, 6.07) is 14.7. The van der Waals surface area contributed by atoms with Crippen molar-refractivity contribution in [2.45, 2.75) is 18.9 Å². The van der Waals surface area contributed by atoms with Crippen molar-refractivity contribution in [3.05, 3.63) is 72.2 Å². The van der Waals surface area contributed by atoms with Crippen molar-refractivity contribution in [2.75, 3.05) is 43.5 Å². The van der Waals surface area contributed by atoms with E-state index in [1.165, 1.54) is 12.3 Å². The number of ether oxygens (including phenoxy) is 2. The van der Waals surface area contributed by atoms with Gasteiger partial charge in [-0.3, -0.25) is 19.5 Å². The van der Waals surface area contributed by atoms with E-state index in [2.05, 4.69) is 15.6 Å². The molecule has 3 aromatic rings. The molecule has 36 heavy (non-hydrogen) atoms. The minimum absolute atomic E-state index is 0.138. The second-order valence-corrected chi connectivity index (χ2v) is 8.83. The quantitative estimate of drug-likeness (QED) is 0.497. The Balaban J connectivity index is 1.28. The van der Waals surface area contributed by atoms with Crippen LogP contribution in [0.2, 0.25) is 0 Å². The summed E-state index contributed by atoms with van der Waals surface area (Å²) in [5.74, 6) is -0.362. The largest absolute Gasteiger partial charge is 0.488 e. The number of amides is 2. The maximum absolute atomic E-state index is 14.0. The fourth-order valence-electron chi connectivity index (χ4n) is 3.89. The first-order valence-electron chi connectivity index (χ1n) is 12.0. The van der Waals surface area contributed by atoms with E-state index >= 15 is 0 Å². The lowest BCUT2D eigenvalue weighted by atomic mass is 10.1. The summed E-state index contributed by atoms with van der Waals surface area (Å²) in [7, 11) is 0. The molecule has 8 nitrogen and oxygen atoms in total. The average molecular weight is 491 g/mol. The van der Waals surface area contributed by atoms with Crippen LogP contribution in [0.15, 0.2) is 60.8 Å². The molecule has 0 atom stereocenters. The Morgan fingerprint density at radius 1 is 1.06 bits per heavy atom. The first-order chi connectivity index (χ1) is 17.5. The van der Waals surface area contributed by atoms with Gasteiger partial charge in [0, 0.05) is 24.2 Å². The number of nitrogens with zero attached hydrogens (tertiary/aromatic N) is 2. The molecule has 5 rings (SSSR count). The van der Waals surface area contributed by atoms with E-state index in [4.69, 9.17) is 9.47 Å². The molecule has 186 valence electrons. The van der Waals surface area contributed by atoms with Gasteiger partial charge in [0.15, 0.2) is 0 Å². The number of carbonyl (C=O) groups is 2. The van der Waals surface area contributed by atoms with E-state index in [0.717, 1.165) is 12.8 Å². The fourth-order valence-corrected chi connectivity index (χ4v) is 3.89. The number of anilines is 2. The van der Waals surface area contributed by atoms with Crippen molar-refractivity contribution in [1.29, 1.82) is 0 Å². The number of rotatable bonds is 8. The Labute approximate surface area is 208 Å². The van der Waals surface area contributed by atoms with Crippen molar-refractivity contribution < 1.29 is 23.5 Å². The molecule has 2 aromatic carbocycles. The lowest BCUT2D eigenvalue weighted by molar-refractivity contribution is -0.118. The number of aromatic nitrogens is 1. The predicted octanol–water partition coefficient (Wildman–Crippen LogP) is 3.95. The molecule has 2 N–H and O–H groups in total. The van der Waals surface area contributed by atoms with E-state index in [9.17, 15) is 14.0 Å². The van der Waals surface area contributed by atoms with Gasteiger partial charge in [-0.2, -0.15) is 0 Å². The van der Waals surface area contributed by atoms with E-state index in [0.29, 0.717) is 60.2 Å². The monoisotopic (exact) mass is 490 g/mol. The molecule has 2 amide bonds. The van der Waals surface area contributed by atoms with Crippen LogP contribution in [0.3, 0.4) is 0 Å². The third kappa shape index (κ3) is 6.05. The summed E-state index contributed by atoms with van der Waals surface area (Å²) in [5, 5.41) is 5.71. The van der Waals surface area contributed by atoms with Gasteiger partial charge in [0.05, 0.1) is 49.1 Å². The molecule has 0 spiro atoms. The van der Waals surface area contributed by atoms with Crippen LogP contribution in [0.5, 0.6) is 5.75 Å². The van der Waals surface area contributed by atoms with Gasteiger partial charge in [-0.05, 0) is 55.3 Å². The molecular weight excluding hydrogens is 463 g/mol. The van der Waals surface area contributed by atoms with Gasteiger partial charge in [0.1, 0.15) is 11.6 Å². The third-order valence-electron chi connectivity index (χ3n) is 5.98. The standard InChI is InChI=1S/C27H27FN4O4/c28-22-4-2-1-3-21(22)23-9-6-19(16-29-23)30-27(34)18-5-10-25(36-20-7-8-20)24(15-18)31-26(33)17-32-11-13-35-14-12-32/h1-6,9-10,15-16,20H,7-8,11-14,17H2,(H,30,34)(H,31,33). The molecule has 1 aromatic heterocycles. The maximum Gasteiger partial charge on any atom is 0.255 e. The summed E-state index contributed by atoms with van der Waals surface area (Å²) in [6.45, 7) is 2.85. The van der Waals surface area contributed by atoms with Crippen LogP contribution in [0.25, 0.3) is 11.3 Å². The molecule has 9 heteroatoms. The molecule has 0 unspecified atom stereocenters. The zero-order chi connectivity index (χ0) is 24.9. The topological polar surface area (TPSA) is 92.8 Å². The Morgan fingerprint density at radius 2 is 1.86 bits per heavy atom. The van der Waals surface area contributed by atoms with Crippen LogP contribution < -0.4 is 15.4 Å². The fraction of sp³-hybridized carbons (Fsp3) is 0.296. The molecule has 2 heterocycles. The van der Waals surface area contributed by atoms with Gasteiger partial charge in [0.25, 0.3) is 5.91 Å². The molecule has 1 aliphatic carbocycles. The average Bonchev–Trinajstić information content (AvgIpc) is 3.71. The molecule has 1 aliphatic heterocycles. The van der Waals surface area contributed by atoms with Gasteiger partial charge >= 0.3 is 0 Å². The highest BCUT2D eigenvalue weighted by Gasteiger charge is 2.25. The number of benzene rings is 2. The van der Waals surface area contributed by atoms with Crippen molar-refractivity contribution >= 4 is 23.2 Å². The number of hydrogen-bond acceptors (Lipinski definition) is 6. The van der Waals surface area contributed by atoms with Crippen molar-refractivity contribution in [1.82, 2.24) is 9.88 Å². The molecule has 1 saturated heterocycles. The highest BCUT2D eigenvalue weighted by Crippen LogP contribution is 2.33. The minimum atomic E-state index is -0.364. The predicted molar refractivity (Wildman–Crippen MR) is 134 cm³/mol. The van der Waals surface area contributed by atoms with E-state index in [-0.39, 0.29) is 30.3 Å². The zero-order valence-corrected chi connectivity index (χ0v) is 19.7. The lowest BCUT2D eigenvalue weighted by Crippen LogP contribution is -2.41. The lowest BCUT2D eigenvalue weighted by Gasteiger charge is -2.26. The molecule has 2 aliphatic rings. The Bertz CT molecular complexity index is 1240. The van der Waals surface area contributed by atoms with Crippen LogP contribution in [0.1, 0.15) is 23.2 Å². The third-order valence-corrected chi connectivity index (χ3v) is 5.98. The minimum Gasteiger partial charge on any atom is -0.488 e. The van der Waals surface area contributed by atoms with Crippen LogP contribution >= 0.6 is 0 Å². The van der Waals surface area contributed by atoms with Crippen LogP contribution in [-0.4, -0.2) is 60.7 Å². The molecular formula is C27H27FN4O4. The molecule has 0 bridgehead atoms. The zero-order valence-electron chi connectivity index (χ0n) is 19.7. The van der Waals surface area contributed by atoms with Crippen LogP contribution in [-0.2, 0) is 9.53 Å². The normalized spacial score (nSPS) is 15.8. The summed E-state index contributed by atoms with van der Waals surface area (Å²) < 4.78 is 25.3. The van der Waals surface area contributed by atoms with Crippen LogP contribution in [0, 0.1) is 5.82 Å². The summed E-state index contributed by atoms with van der Waals surface area (Å²) >= 11 is 0. The maximum atomic E-state index is 14.0.